The van der Waals surface area contributed by atoms with E-state index in [1.54, 1.807) is 5.56 Å². The molecule has 1 saturated carbocycles. The van der Waals surface area contributed by atoms with Gasteiger partial charge in [-0.15, -0.1) is 0 Å². The zero-order valence-electron chi connectivity index (χ0n) is 9.66. The molecular weight excluding hydrogens is 182 g/mol. The molecule has 2 bridgehead atoms. The molecule has 3 unspecified atom stereocenters. The van der Waals surface area contributed by atoms with Crippen LogP contribution in [-0.4, -0.2) is 4.98 Å². The predicted molar refractivity (Wildman–Crippen MR) is 62.3 cm³/mol. The molecule has 3 atom stereocenters. The SMILES string of the molecule is CCC(C)c1cnc2c(c1)C1CCC2C1. The number of rotatable bonds is 2. The van der Waals surface area contributed by atoms with Crippen molar-refractivity contribution in [1.82, 2.24) is 4.98 Å². The van der Waals surface area contributed by atoms with Crippen molar-refractivity contribution in [3.05, 3.63) is 29.1 Å². The van der Waals surface area contributed by atoms with E-state index in [1.807, 2.05) is 0 Å². The van der Waals surface area contributed by atoms with E-state index < -0.39 is 0 Å². The molecule has 1 heteroatoms. The van der Waals surface area contributed by atoms with Crippen LogP contribution < -0.4 is 0 Å². The Morgan fingerprint density at radius 2 is 2.20 bits per heavy atom. The van der Waals surface area contributed by atoms with Gasteiger partial charge in [-0.1, -0.05) is 19.9 Å². The van der Waals surface area contributed by atoms with Crippen LogP contribution in [0.1, 0.15) is 74.1 Å². The standard InChI is InChI=1S/C14H19N/c1-3-9(2)12-7-13-10-4-5-11(6-10)14(13)15-8-12/h7-11H,3-6H2,1-2H3. The molecule has 0 saturated heterocycles. The first-order valence-electron chi connectivity index (χ1n) is 6.29. The normalized spacial score (nSPS) is 29.2. The molecule has 2 aliphatic carbocycles. The molecule has 0 radical (unpaired) electrons. The van der Waals surface area contributed by atoms with Crippen molar-refractivity contribution in [2.45, 2.75) is 57.3 Å². The highest BCUT2D eigenvalue weighted by atomic mass is 14.7. The molecule has 1 aromatic heterocycles. The van der Waals surface area contributed by atoms with Crippen molar-refractivity contribution in [2.24, 2.45) is 0 Å². The lowest BCUT2D eigenvalue weighted by Gasteiger charge is -2.17. The first-order chi connectivity index (χ1) is 7.29. The minimum atomic E-state index is 0.668. The predicted octanol–water partition coefficient (Wildman–Crippen LogP) is 3.96. The van der Waals surface area contributed by atoms with Crippen LogP contribution >= 0.6 is 0 Å². The maximum atomic E-state index is 4.71. The van der Waals surface area contributed by atoms with Gasteiger partial charge in [0.15, 0.2) is 0 Å². The molecule has 0 N–H and O–H groups in total. The van der Waals surface area contributed by atoms with Gasteiger partial charge in [-0.2, -0.15) is 0 Å². The van der Waals surface area contributed by atoms with Gasteiger partial charge in [0.1, 0.15) is 0 Å². The van der Waals surface area contributed by atoms with Crippen LogP contribution in [0.5, 0.6) is 0 Å². The average molecular weight is 201 g/mol. The zero-order chi connectivity index (χ0) is 10.4. The second-order valence-corrected chi connectivity index (χ2v) is 5.26. The lowest BCUT2D eigenvalue weighted by molar-refractivity contribution is 0.681. The fraction of sp³-hybridized carbons (Fsp3) is 0.643. The molecule has 1 fully saturated rings. The lowest BCUT2D eigenvalue weighted by Crippen LogP contribution is -2.03. The second kappa shape index (κ2) is 3.33. The van der Waals surface area contributed by atoms with Crippen LogP contribution in [0.4, 0.5) is 0 Å². The van der Waals surface area contributed by atoms with Crippen LogP contribution in [-0.2, 0) is 0 Å². The maximum Gasteiger partial charge on any atom is 0.0469 e. The summed E-state index contributed by atoms with van der Waals surface area (Å²) in [5, 5.41) is 0. The highest BCUT2D eigenvalue weighted by Gasteiger charge is 2.38. The Morgan fingerprint density at radius 3 is 3.00 bits per heavy atom. The first kappa shape index (κ1) is 9.38. The Bertz CT molecular complexity index is 383. The van der Waals surface area contributed by atoms with Gasteiger partial charge in [0.2, 0.25) is 0 Å². The quantitative estimate of drug-likeness (QED) is 0.705. The number of hydrogen-bond donors (Lipinski definition) is 0. The van der Waals surface area contributed by atoms with Crippen LogP contribution in [0, 0.1) is 0 Å². The number of hydrogen-bond acceptors (Lipinski definition) is 1. The minimum Gasteiger partial charge on any atom is -0.260 e. The zero-order valence-corrected chi connectivity index (χ0v) is 9.66. The summed E-state index contributed by atoms with van der Waals surface area (Å²) in [7, 11) is 0. The van der Waals surface area contributed by atoms with E-state index in [0.29, 0.717) is 5.92 Å². The van der Waals surface area contributed by atoms with Crippen molar-refractivity contribution in [3.63, 3.8) is 0 Å². The van der Waals surface area contributed by atoms with E-state index >= 15 is 0 Å². The van der Waals surface area contributed by atoms with Crippen molar-refractivity contribution >= 4 is 0 Å². The third kappa shape index (κ3) is 1.32. The smallest absolute Gasteiger partial charge is 0.0469 e. The van der Waals surface area contributed by atoms with Crippen molar-refractivity contribution in [1.29, 1.82) is 0 Å². The van der Waals surface area contributed by atoms with Gasteiger partial charge in [-0.3, -0.25) is 4.98 Å². The van der Waals surface area contributed by atoms with Gasteiger partial charge in [0, 0.05) is 17.8 Å². The molecule has 3 rings (SSSR count). The largest absolute Gasteiger partial charge is 0.260 e. The van der Waals surface area contributed by atoms with Gasteiger partial charge in [-0.25, -0.2) is 0 Å². The molecule has 1 heterocycles. The Labute approximate surface area is 91.9 Å². The fourth-order valence-electron chi connectivity index (χ4n) is 3.20. The molecule has 0 aromatic carbocycles. The molecular formula is C14H19N. The molecule has 1 nitrogen and oxygen atoms in total. The van der Waals surface area contributed by atoms with Gasteiger partial charge in [-0.05, 0) is 48.6 Å². The van der Waals surface area contributed by atoms with Gasteiger partial charge < -0.3 is 0 Å². The molecule has 15 heavy (non-hydrogen) atoms. The number of aromatic nitrogens is 1. The first-order valence-corrected chi connectivity index (χ1v) is 6.29. The third-order valence-electron chi connectivity index (χ3n) is 4.41. The summed E-state index contributed by atoms with van der Waals surface area (Å²) < 4.78 is 0. The van der Waals surface area contributed by atoms with E-state index in [1.165, 1.54) is 36.9 Å². The summed E-state index contributed by atoms with van der Waals surface area (Å²) in [6, 6.07) is 2.44. The van der Waals surface area contributed by atoms with Gasteiger partial charge in [0.25, 0.3) is 0 Å². The van der Waals surface area contributed by atoms with Crippen molar-refractivity contribution < 1.29 is 0 Å². The number of fused-ring (bicyclic) bond motifs is 5. The topological polar surface area (TPSA) is 12.9 Å². The third-order valence-corrected chi connectivity index (χ3v) is 4.41. The van der Waals surface area contributed by atoms with E-state index in [0.717, 1.165) is 11.8 Å². The monoisotopic (exact) mass is 201 g/mol. The lowest BCUT2D eigenvalue weighted by atomic mass is 9.91. The Kier molecular flexibility index (Phi) is 2.08. The number of pyridine rings is 1. The van der Waals surface area contributed by atoms with E-state index in [4.69, 9.17) is 4.98 Å². The highest BCUT2D eigenvalue weighted by molar-refractivity contribution is 5.39. The summed E-state index contributed by atoms with van der Waals surface area (Å²) in [6.07, 6.45) is 7.51. The van der Waals surface area contributed by atoms with Gasteiger partial charge in [0.05, 0.1) is 0 Å². The maximum absolute atomic E-state index is 4.71. The van der Waals surface area contributed by atoms with Gasteiger partial charge >= 0.3 is 0 Å². The minimum absolute atomic E-state index is 0.668. The Balaban J connectivity index is 2.01. The van der Waals surface area contributed by atoms with E-state index in [9.17, 15) is 0 Å². The summed E-state index contributed by atoms with van der Waals surface area (Å²) in [5.41, 5.74) is 4.46. The summed E-state index contributed by atoms with van der Waals surface area (Å²) in [4.78, 5) is 4.71. The fourth-order valence-corrected chi connectivity index (χ4v) is 3.20. The number of nitrogens with zero attached hydrogens (tertiary/aromatic N) is 1. The van der Waals surface area contributed by atoms with Crippen LogP contribution in [0.15, 0.2) is 12.3 Å². The molecule has 1 aromatic rings. The van der Waals surface area contributed by atoms with E-state index in [2.05, 4.69) is 26.1 Å². The van der Waals surface area contributed by atoms with E-state index in [-0.39, 0.29) is 0 Å². The highest BCUT2D eigenvalue weighted by Crippen LogP contribution is 2.52. The molecule has 0 aliphatic heterocycles. The Hall–Kier alpha value is -0.850. The van der Waals surface area contributed by atoms with Crippen molar-refractivity contribution in [3.8, 4) is 0 Å². The summed E-state index contributed by atoms with van der Waals surface area (Å²) in [6.45, 7) is 4.56. The molecule has 80 valence electrons. The molecule has 0 amide bonds. The second-order valence-electron chi connectivity index (χ2n) is 5.26. The molecule has 2 aliphatic rings. The van der Waals surface area contributed by atoms with Crippen LogP contribution in [0.25, 0.3) is 0 Å². The molecule has 0 spiro atoms. The Morgan fingerprint density at radius 1 is 1.40 bits per heavy atom. The summed E-state index contributed by atoms with van der Waals surface area (Å²) >= 11 is 0. The van der Waals surface area contributed by atoms with Crippen LogP contribution in [0.3, 0.4) is 0 Å². The van der Waals surface area contributed by atoms with Crippen LogP contribution in [0.2, 0.25) is 0 Å². The van der Waals surface area contributed by atoms with Crippen molar-refractivity contribution in [2.75, 3.05) is 0 Å². The summed E-state index contributed by atoms with van der Waals surface area (Å²) in [5.74, 6) is 2.32. The average Bonchev–Trinajstić information content (AvgIpc) is 2.88.